The minimum Gasteiger partial charge on any atom is -0.454 e. The van der Waals surface area contributed by atoms with Gasteiger partial charge in [-0.05, 0) is 48.2 Å². The van der Waals surface area contributed by atoms with Crippen LogP contribution in [0.25, 0.3) is 0 Å². The van der Waals surface area contributed by atoms with Crippen LogP contribution in [-0.4, -0.2) is 45.6 Å². The first kappa shape index (κ1) is 23.6. The fourth-order valence-electron chi connectivity index (χ4n) is 3.50. The lowest BCUT2D eigenvalue weighted by Gasteiger charge is -2.16. The number of sulfonamides is 1. The van der Waals surface area contributed by atoms with E-state index in [2.05, 4.69) is 15.6 Å². The van der Waals surface area contributed by atoms with Gasteiger partial charge in [0.25, 0.3) is 0 Å². The van der Waals surface area contributed by atoms with E-state index in [-0.39, 0.29) is 30.8 Å². The predicted molar refractivity (Wildman–Crippen MR) is 129 cm³/mol. The zero-order valence-electron chi connectivity index (χ0n) is 17.3. The number of halogens is 1. The van der Waals surface area contributed by atoms with Gasteiger partial charge in [0.1, 0.15) is 0 Å². The number of hydrogen-bond acceptors (Lipinski definition) is 5. The molecule has 0 saturated carbocycles. The summed E-state index contributed by atoms with van der Waals surface area (Å²) in [5.74, 6) is 2.17. The zero-order chi connectivity index (χ0) is 21.0. The van der Waals surface area contributed by atoms with E-state index in [1.54, 1.807) is 23.5 Å². The molecular weight excluding hydrogens is 531 g/mol. The summed E-state index contributed by atoms with van der Waals surface area (Å²) in [5, 5.41) is 6.50. The average Bonchev–Trinajstić information content (AvgIpc) is 3.46. The van der Waals surface area contributed by atoms with Crippen molar-refractivity contribution in [3.63, 3.8) is 0 Å². The Kier molecular flexibility index (Phi) is 8.00. The average molecular weight is 558 g/mol. The van der Waals surface area contributed by atoms with Gasteiger partial charge in [0.15, 0.2) is 17.5 Å². The molecule has 2 aliphatic rings. The van der Waals surface area contributed by atoms with Crippen molar-refractivity contribution in [3.05, 3.63) is 53.6 Å². The topological polar surface area (TPSA) is 92.3 Å². The predicted octanol–water partition coefficient (Wildman–Crippen LogP) is 2.68. The molecule has 2 aromatic rings. The van der Waals surface area contributed by atoms with Crippen molar-refractivity contribution in [1.82, 2.24) is 14.9 Å². The maximum atomic E-state index is 12.6. The van der Waals surface area contributed by atoms with E-state index in [0.717, 1.165) is 35.5 Å². The Balaban J connectivity index is 0.00000272. The van der Waals surface area contributed by atoms with Crippen molar-refractivity contribution in [2.75, 3.05) is 26.9 Å². The maximum absolute atomic E-state index is 12.6. The smallest absolute Gasteiger partial charge is 0.243 e. The van der Waals surface area contributed by atoms with Crippen molar-refractivity contribution < 1.29 is 17.9 Å². The number of nitrogens with one attached hydrogen (secondary N) is 2. The van der Waals surface area contributed by atoms with Gasteiger partial charge < -0.3 is 20.1 Å². The lowest BCUT2D eigenvalue weighted by molar-refractivity contribution is 0.174. The van der Waals surface area contributed by atoms with Crippen molar-refractivity contribution in [2.45, 2.75) is 30.8 Å². The van der Waals surface area contributed by atoms with Gasteiger partial charge >= 0.3 is 0 Å². The molecule has 1 fully saturated rings. The highest BCUT2D eigenvalue weighted by molar-refractivity contribution is 14.0. The molecule has 1 saturated heterocycles. The molecule has 2 aromatic carbocycles. The minimum atomic E-state index is -3.38. The Morgan fingerprint density at radius 2 is 1.58 bits per heavy atom. The third-order valence-corrected chi connectivity index (χ3v) is 7.12. The Bertz CT molecular complexity index is 1020. The quantitative estimate of drug-likeness (QED) is 0.322. The molecule has 10 heteroatoms. The van der Waals surface area contributed by atoms with Gasteiger partial charge in [-0.1, -0.05) is 18.2 Å². The number of nitrogens with zero attached hydrogens (tertiary/aromatic N) is 2. The molecule has 0 aromatic heterocycles. The first-order chi connectivity index (χ1) is 14.6. The Hall–Kier alpha value is -2.05. The Labute approximate surface area is 200 Å². The molecule has 0 amide bonds. The lowest BCUT2D eigenvalue weighted by atomic mass is 10.2. The van der Waals surface area contributed by atoms with Gasteiger partial charge in [-0.25, -0.2) is 8.42 Å². The molecule has 0 radical (unpaired) electrons. The van der Waals surface area contributed by atoms with Gasteiger partial charge in [0, 0.05) is 33.2 Å². The van der Waals surface area contributed by atoms with Crippen LogP contribution in [0.5, 0.6) is 11.5 Å². The minimum absolute atomic E-state index is 0. The molecule has 4 rings (SSSR count). The summed E-state index contributed by atoms with van der Waals surface area (Å²) in [5.41, 5.74) is 2.03. The molecule has 0 spiro atoms. The SMILES string of the molecule is CN=C(NCc1ccc(S(=O)(=O)N2CCCC2)cc1)NCc1ccc2c(c1)OCO2.I. The fraction of sp³-hybridized carbons (Fsp3) is 0.381. The van der Waals surface area contributed by atoms with Crippen LogP contribution in [0.4, 0.5) is 0 Å². The molecule has 31 heavy (non-hydrogen) atoms. The molecule has 2 heterocycles. The van der Waals surface area contributed by atoms with Crippen LogP contribution in [0.15, 0.2) is 52.4 Å². The monoisotopic (exact) mass is 558 g/mol. The Morgan fingerprint density at radius 1 is 0.968 bits per heavy atom. The summed E-state index contributed by atoms with van der Waals surface area (Å²) in [7, 11) is -1.67. The summed E-state index contributed by atoms with van der Waals surface area (Å²) < 4.78 is 37.5. The van der Waals surface area contributed by atoms with Crippen molar-refractivity contribution in [1.29, 1.82) is 0 Å². The summed E-state index contributed by atoms with van der Waals surface area (Å²) in [6.45, 7) is 2.59. The number of guanidine groups is 1. The fourth-order valence-corrected chi connectivity index (χ4v) is 5.02. The molecule has 8 nitrogen and oxygen atoms in total. The molecule has 2 N–H and O–H groups in total. The van der Waals surface area contributed by atoms with Crippen LogP contribution < -0.4 is 20.1 Å². The molecule has 0 atom stereocenters. The van der Waals surface area contributed by atoms with E-state index >= 15 is 0 Å². The highest BCUT2D eigenvalue weighted by Gasteiger charge is 2.26. The Morgan fingerprint density at radius 3 is 2.26 bits per heavy atom. The van der Waals surface area contributed by atoms with E-state index in [1.807, 2.05) is 30.3 Å². The third kappa shape index (κ3) is 5.60. The van der Waals surface area contributed by atoms with Gasteiger partial charge in [0.2, 0.25) is 16.8 Å². The summed E-state index contributed by atoms with van der Waals surface area (Å²) in [6, 6.07) is 12.8. The molecular formula is C21H27IN4O4S. The second-order valence-electron chi connectivity index (χ2n) is 7.22. The highest BCUT2D eigenvalue weighted by atomic mass is 127. The number of rotatable bonds is 6. The molecule has 168 valence electrons. The number of benzene rings is 2. The first-order valence-electron chi connectivity index (χ1n) is 9.98. The van der Waals surface area contributed by atoms with Crippen molar-refractivity contribution >= 4 is 40.0 Å². The van der Waals surface area contributed by atoms with Crippen LogP contribution >= 0.6 is 24.0 Å². The molecule has 0 aliphatic carbocycles. The van der Waals surface area contributed by atoms with Crippen LogP contribution in [0.2, 0.25) is 0 Å². The van der Waals surface area contributed by atoms with Crippen LogP contribution in [0.3, 0.4) is 0 Å². The van der Waals surface area contributed by atoms with Crippen LogP contribution in [0, 0.1) is 0 Å². The zero-order valence-corrected chi connectivity index (χ0v) is 20.5. The normalized spacial score (nSPS) is 16.1. The molecule has 0 unspecified atom stereocenters. The van der Waals surface area contributed by atoms with Crippen LogP contribution in [-0.2, 0) is 23.1 Å². The number of hydrogen-bond donors (Lipinski definition) is 2. The largest absolute Gasteiger partial charge is 0.454 e. The summed E-state index contributed by atoms with van der Waals surface area (Å²) in [4.78, 5) is 4.58. The van der Waals surface area contributed by atoms with Crippen molar-refractivity contribution in [3.8, 4) is 11.5 Å². The standard InChI is InChI=1S/C21H26N4O4S.HI/c1-22-21(24-14-17-6-9-19-20(12-17)29-15-28-19)23-13-16-4-7-18(8-5-16)30(26,27)25-10-2-3-11-25;/h4-9,12H,2-3,10-11,13-15H2,1H3,(H2,22,23,24);1H. The van der Waals surface area contributed by atoms with Gasteiger partial charge in [0.05, 0.1) is 4.90 Å². The second kappa shape index (κ2) is 10.5. The van der Waals surface area contributed by atoms with E-state index < -0.39 is 10.0 Å². The number of aliphatic imine (C=N–C) groups is 1. The number of fused-ring (bicyclic) bond motifs is 1. The highest BCUT2D eigenvalue weighted by Crippen LogP contribution is 2.32. The van der Waals surface area contributed by atoms with E-state index in [9.17, 15) is 8.42 Å². The number of ether oxygens (including phenoxy) is 2. The lowest BCUT2D eigenvalue weighted by Crippen LogP contribution is -2.36. The molecule has 2 aliphatic heterocycles. The van der Waals surface area contributed by atoms with E-state index in [0.29, 0.717) is 37.0 Å². The maximum Gasteiger partial charge on any atom is 0.243 e. The van der Waals surface area contributed by atoms with Gasteiger partial charge in [-0.3, -0.25) is 4.99 Å². The first-order valence-corrected chi connectivity index (χ1v) is 11.4. The van der Waals surface area contributed by atoms with Gasteiger partial charge in [-0.2, -0.15) is 4.31 Å². The summed E-state index contributed by atoms with van der Waals surface area (Å²) in [6.07, 6.45) is 1.86. The third-order valence-electron chi connectivity index (χ3n) is 5.21. The van der Waals surface area contributed by atoms with E-state index in [4.69, 9.17) is 9.47 Å². The van der Waals surface area contributed by atoms with Crippen molar-refractivity contribution in [2.24, 2.45) is 4.99 Å². The summed E-state index contributed by atoms with van der Waals surface area (Å²) >= 11 is 0. The molecule has 0 bridgehead atoms. The van der Waals surface area contributed by atoms with Crippen LogP contribution in [0.1, 0.15) is 24.0 Å². The second-order valence-corrected chi connectivity index (χ2v) is 9.16. The van der Waals surface area contributed by atoms with Gasteiger partial charge in [-0.15, -0.1) is 24.0 Å². The van der Waals surface area contributed by atoms with E-state index in [1.165, 1.54) is 0 Å².